The van der Waals surface area contributed by atoms with Gasteiger partial charge in [-0.15, -0.1) is 57.2 Å². The fourth-order valence-corrected chi connectivity index (χ4v) is 12.0. The molecule has 4 aromatic heterocycles. The standard InChI is InChI=1S/C20H20S2.C20H12S2.C4H8O.2CH4/c2*1-3-5-13-7-9-15-17(11-13)21-20-16-10-8-14(6-4-2)12-18(16)22-19(15)20;1-2-4-5-3-1;;/h7-12H,3-6H2,1-2H3;7-12H,1-2H3;1-4H2;2*1H4. The quantitative estimate of drug-likeness (QED) is 0.163. The zero-order valence-corrected chi connectivity index (χ0v) is 31.9. The molecule has 0 radical (unpaired) electrons. The Morgan fingerprint density at radius 3 is 1.18 bits per heavy atom. The van der Waals surface area contributed by atoms with Gasteiger partial charge in [-0.3, -0.25) is 0 Å². The smallest absolute Gasteiger partial charge is 0.0542 e. The molecule has 0 atom stereocenters. The highest BCUT2D eigenvalue weighted by Crippen LogP contribution is 2.46. The number of rotatable bonds is 4. The van der Waals surface area contributed by atoms with Gasteiger partial charge in [-0.25, -0.2) is 0 Å². The van der Waals surface area contributed by atoms with E-state index in [0.717, 1.165) is 24.3 Å². The van der Waals surface area contributed by atoms with Crippen LogP contribution in [-0.2, 0) is 17.6 Å². The molecule has 1 aliphatic rings. The summed E-state index contributed by atoms with van der Waals surface area (Å²) >= 11 is 7.66. The normalized spacial score (nSPS) is 12.0. The van der Waals surface area contributed by atoms with E-state index >= 15 is 0 Å². The van der Waals surface area contributed by atoms with Crippen LogP contribution < -0.4 is 0 Å². The van der Waals surface area contributed by atoms with Crippen LogP contribution in [0.3, 0.4) is 0 Å². The highest BCUT2D eigenvalue weighted by Gasteiger charge is 2.14. The summed E-state index contributed by atoms with van der Waals surface area (Å²) in [4.78, 5) is 0. The number of fused-ring (bicyclic) bond motifs is 10. The lowest BCUT2D eigenvalue weighted by Gasteiger charge is -1.99. The van der Waals surface area contributed by atoms with Crippen molar-refractivity contribution in [3.63, 3.8) is 0 Å². The Hall–Kier alpha value is -3.68. The van der Waals surface area contributed by atoms with Gasteiger partial charge in [-0.05, 0) is 87.1 Å². The highest BCUT2D eigenvalue weighted by molar-refractivity contribution is 7.37. The molecular formula is C46H48OS4. The number of hydrogen-bond donors (Lipinski definition) is 0. The average molecular weight is 745 g/mol. The Morgan fingerprint density at radius 2 is 0.863 bits per heavy atom. The van der Waals surface area contributed by atoms with Crippen LogP contribution >= 0.6 is 45.3 Å². The number of benzene rings is 4. The van der Waals surface area contributed by atoms with E-state index < -0.39 is 0 Å². The summed E-state index contributed by atoms with van der Waals surface area (Å²) in [6.07, 6.45) is 7.36. The van der Waals surface area contributed by atoms with Crippen LogP contribution in [0.25, 0.3) is 59.1 Å². The van der Waals surface area contributed by atoms with Crippen molar-refractivity contribution in [2.45, 2.75) is 81.1 Å². The van der Waals surface area contributed by atoms with E-state index in [-0.39, 0.29) is 14.9 Å². The maximum absolute atomic E-state index is 4.94. The van der Waals surface area contributed by atoms with Crippen molar-refractivity contribution < 1.29 is 4.74 Å². The van der Waals surface area contributed by atoms with Crippen molar-refractivity contribution in [3.8, 4) is 23.7 Å². The van der Waals surface area contributed by atoms with Crippen molar-refractivity contribution in [1.82, 2.24) is 0 Å². The lowest BCUT2D eigenvalue weighted by molar-refractivity contribution is 0.198. The summed E-state index contributed by atoms with van der Waals surface area (Å²) < 4.78 is 16.2. The molecule has 1 saturated heterocycles. The van der Waals surface area contributed by atoms with Gasteiger partial charge in [0.15, 0.2) is 0 Å². The van der Waals surface area contributed by atoms with Crippen LogP contribution in [-0.4, -0.2) is 13.2 Å². The third kappa shape index (κ3) is 8.20. The first kappa shape index (κ1) is 38.5. The van der Waals surface area contributed by atoms with Gasteiger partial charge in [0.05, 0.1) is 18.8 Å². The molecule has 262 valence electrons. The molecule has 51 heavy (non-hydrogen) atoms. The number of hydrogen-bond acceptors (Lipinski definition) is 5. The van der Waals surface area contributed by atoms with Gasteiger partial charge in [0, 0.05) is 64.7 Å². The maximum atomic E-state index is 4.94. The molecule has 0 N–H and O–H groups in total. The average Bonchev–Trinajstić information content (AvgIpc) is 3.94. The monoisotopic (exact) mass is 744 g/mol. The van der Waals surface area contributed by atoms with Crippen molar-refractivity contribution in [1.29, 1.82) is 0 Å². The van der Waals surface area contributed by atoms with Crippen LogP contribution in [0.1, 0.15) is 90.5 Å². The lowest BCUT2D eigenvalue weighted by Crippen LogP contribution is -1.80. The zero-order valence-electron chi connectivity index (χ0n) is 28.6. The Bertz CT molecular complexity index is 2360. The molecule has 1 fully saturated rings. The predicted molar refractivity (Wildman–Crippen MR) is 236 cm³/mol. The van der Waals surface area contributed by atoms with Gasteiger partial charge in [-0.2, -0.15) is 0 Å². The second-order valence-electron chi connectivity index (χ2n) is 12.4. The fourth-order valence-electron chi connectivity index (χ4n) is 6.44. The SMILES string of the molecule is C.C.C1CCOC1.CC#Cc1ccc2c(c1)sc1c3ccc(C#CC)cc3sc21.CCCc1ccc2c(c1)sc1c3ccc(CCC)cc3sc21. The van der Waals surface area contributed by atoms with E-state index in [4.69, 9.17) is 4.74 Å². The molecule has 0 saturated carbocycles. The molecule has 5 heterocycles. The Labute approximate surface area is 320 Å². The van der Waals surface area contributed by atoms with Crippen LogP contribution in [0.15, 0.2) is 72.8 Å². The summed E-state index contributed by atoms with van der Waals surface area (Å²) in [5.74, 6) is 12.2. The van der Waals surface area contributed by atoms with Crippen molar-refractivity contribution in [2.24, 2.45) is 0 Å². The van der Waals surface area contributed by atoms with E-state index in [1.165, 1.54) is 109 Å². The van der Waals surface area contributed by atoms with Gasteiger partial charge < -0.3 is 4.74 Å². The molecular weight excluding hydrogens is 697 g/mol. The zero-order chi connectivity index (χ0) is 33.7. The van der Waals surface area contributed by atoms with Crippen molar-refractivity contribution in [2.75, 3.05) is 13.2 Å². The summed E-state index contributed by atoms with van der Waals surface area (Å²) in [5, 5.41) is 5.56. The minimum atomic E-state index is 0. The lowest BCUT2D eigenvalue weighted by atomic mass is 10.1. The Kier molecular flexibility index (Phi) is 13.4. The second-order valence-corrected chi connectivity index (χ2v) is 16.6. The van der Waals surface area contributed by atoms with E-state index in [9.17, 15) is 0 Å². The van der Waals surface area contributed by atoms with Crippen LogP contribution in [0, 0.1) is 23.7 Å². The second kappa shape index (κ2) is 17.7. The molecule has 0 spiro atoms. The molecule has 1 nitrogen and oxygen atoms in total. The molecule has 5 heteroatoms. The van der Waals surface area contributed by atoms with Crippen LogP contribution in [0.5, 0.6) is 0 Å². The number of ether oxygens (including phenoxy) is 1. The van der Waals surface area contributed by atoms with E-state index in [1.54, 1.807) is 0 Å². The van der Waals surface area contributed by atoms with Gasteiger partial charge in [0.2, 0.25) is 0 Å². The van der Waals surface area contributed by atoms with Crippen molar-refractivity contribution >= 4 is 104 Å². The van der Waals surface area contributed by atoms with Gasteiger partial charge >= 0.3 is 0 Å². The minimum absolute atomic E-state index is 0. The molecule has 9 rings (SSSR count). The van der Waals surface area contributed by atoms with Gasteiger partial charge in [-0.1, -0.05) is 89.8 Å². The third-order valence-electron chi connectivity index (χ3n) is 8.74. The molecule has 0 aliphatic carbocycles. The largest absolute Gasteiger partial charge is 0.381 e. The fraction of sp³-hybridized carbons (Fsp3) is 0.304. The molecule has 0 amide bonds. The molecule has 4 aromatic carbocycles. The van der Waals surface area contributed by atoms with Crippen LogP contribution in [0.2, 0.25) is 0 Å². The summed E-state index contributed by atoms with van der Waals surface area (Å²) in [7, 11) is 0. The van der Waals surface area contributed by atoms with Crippen molar-refractivity contribution in [3.05, 3.63) is 95.1 Å². The molecule has 8 aromatic rings. The molecule has 1 aliphatic heterocycles. The first-order valence-corrected chi connectivity index (χ1v) is 20.5. The highest BCUT2D eigenvalue weighted by atomic mass is 32.1. The predicted octanol–water partition coefficient (Wildman–Crippen LogP) is 15.3. The number of thiophene rings is 4. The third-order valence-corrected chi connectivity index (χ3v) is 13.7. The van der Waals surface area contributed by atoms with Crippen LogP contribution in [0.4, 0.5) is 0 Å². The first-order chi connectivity index (χ1) is 24.1. The Morgan fingerprint density at radius 1 is 0.510 bits per heavy atom. The summed E-state index contributed by atoms with van der Waals surface area (Å²) in [6, 6.07) is 27.1. The maximum Gasteiger partial charge on any atom is 0.0542 e. The number of aryl methyl sites for hydroxylation is 2. The van der Waals surface area contributed by atoms with E-state index in [0.29, 0.717) is 0 Å². The van der Waals surface area contributed by atoms with E-state index in [1.807, 2.05) is 59.2 Å². The molecule has 0 bridgehead atoms. The van der Waals surface area contributed by atoms with Gasteiger partial charge in [0.1, 0.15) is 0 Å². The summed E-state index contributed by atoms with van der Waals surface area (Å²) in [6.45, 7) is 10.3. The topological polar surface area (TPSA) is 9.23 Å². The first-order valence-electron chi connectivity index (χ1n) is 17.3. The summed E-state index contributed by atoms with van der Waals surface area (Å²) in [5.41, 5.74) is 5.12. The minimum Gasteiger partial charge on any atom is -0.381 e. The molecule has 0 unspecified atom stereocenters. The van der Waals surface area contributed by atoms with Gasteiger partial charge in [0.25, 0.3) is 0 Å². The van der Waals surface area contributed by atoms with E-state index in [2.05, 4.69) is 110 Å². The Balaban J connectivity index is 0.000000168.